The van der Waals surface area contributed by atoms with E-state index in [-0.39, 0.29) is 17.9 Å². The van der Waals surface area contributed by atoms with Crippen LogP contribution in [0, 0.1) is 5.41 Å². The Kier molecular flexibility index (Phi) is 1.32. The number of aliphatic hydroxyl groups is 1. The van der Waals surface area contributed by atoms with Gasteiger partial charge in [-0.1, -0.05) is 0 Å². The van der Waals surface area contributed by atoms with E-state index in [1.54, 1.807) is 0 Å². The zero-order valence-electron chi connectivity index (χ0n) is 5.26. The third kappa shape index (κ3) is 0.704. The van der Waals surface area contributed by atoms with Crippen molar-refractivity contribution < 1.29 is 5.11 Å². The molecular weight excluding hydrogens is 138 g/mol. The standard InChI is InChI=1S/C6H11NO.ClH/c7-6-1-5(2-6,3-6)4-8;/h8H,1-4,7H2;1H. The van der Waals surface area contributed by atoms with Crippen LogP contribution in [0.2, 0.25) is 0 Å². The van der Waals surface area contributed by atoms with E-state index in [1.807, 2.05) is 0 Å². The van der Waals surface area contributed by atoms with Gasteiger partial charge in [0, 0.05) is 12.1 Å². The largest absolute Gasteiger partial charge is 0.396 e. The Balaban J connectivity index is 0.000000405. The zero-order chi connectivity index (χ0) is 5.83. The Morgan fingerprint density at radius 3 is 1.89 bits per heavy atom. The van der Waals surface area contributed by atoms with E-state index in [2.05, 4.69) is 0 Å². The highest BCUT2D eigenvalue weighted by atomic mass is 35.5. The fourth-order valence-electron chi connectivity index (χ4n) is 2.25. The molecule has 0 atom stereocenters. The van der Waals surface area contributed by atoms with Gasteiger partial charge in [0.2, 0.25) is 0 Å². The number of halogens is 1. The van der Waals surface area contributed by atoms with Crippen molar-refractivity contribution in [2.24, 2.45) is 11.1 Å². The smallest absolute Gasteiger partial charge is 0.0489 e. The molecule has 2 bridgehead atoms. The minimum atomic E-state index is 0. The molecule has 3 saturated carbocycles. The van der Waals surface area contributed by atoms with Crippen LogP contribution >= 0.6 is 12.4 Å². The van der Waals surface area contributed by atoms with Gasteiger partial charge in [0.1, 0.15) is 0 Å². The van der Waals surface area contributed by atoms with Crippen LogP contribution in [0.15, 0.2) is 0 Å². The van der Waals surface area contributed by atoms with Crippen LogP contribution in [0.4, 0.5) is 0 Å². The predicted octanol–water partition coefficient (Wildman–Crippen LogP) is 0.282. The SMILES string of the molecule is Cl.NC12CC(CO)(C1)C2. The molecule has 3 aliphatic rings. The van der Waals surface area contributed by atoms with Crippen molar-refractivity contribution in [3.05, 3.63) is 0 Å². The zero-order valence-corrected chi connectivity index (χ0v) is 6.08. The lowest BCUT2D eigenvalue weighted by Crippen LogP contribution is -2.73. The fourth-order valence-corrected chi connectivity index (χ4v) is 2.25. The lowest BCUT2D eigenvalue weighted by Gasteiger charge is -2.68. The first-order chi connectivity index (χ1) is 3.68. The second-order valence-corrected chi connectivity index (χ2v) is 3.55. The molecule has 0 aromatic heterocycles. The third-order valence-corrected chi connectivity index (χ3v) is 2.52. The molecule has 3 fully saturated rings. The molecule has 0 aromatic rings. The molecule has 0 aromatic carbocycles. The van der Waals surface area contributed by atoms with Crippen LogP contribution in [0.3, 0.4) is 0 Å². The van der Waals surface area contributed by atoms with Crippen molar-refractivity contribution in [3.8, 4) is 0 Å². The van der Waals surface area contributed by atoms with Crippen LogP contribution in [-0.4, -0.2) is 17.3 Å². The van der Waals surface area contributed by atoms with Gasteiger partial charge in [-0.15, -0.1) is 12.4 Å². The number of aliphatic hydroxyl groups excluding tert-OH is 1. The Morgan fingerprint density at radius 1 is 1.33 bits per heavy atom. The Hall–Kier alpha value is 0.210. The normalized spacial score (nSPS) is 52.7. The summed E-state index contributed by atoms with van der Waals surface area (Å²) < 4.78 is 0. The van der Waals surface area contributed by atoms with Gasteiger partial charge in [0.15, 0.2) is 0 Å². The highest BCUT2D eigenvalue weighted by Crippen LogP contribution is 2.65. The molecule has 3 rings (SSSR count). The molecule has 2 nitrogen and oxygen atoms in total. The van der Waals surface area contributed by atoms with Crippen molar-refractivity contribution in [2.75, 3.05) is 6.61 Å². The Labute approximate surface area is 60.8 Å². The second-order valence-electron chi connectivity index (χ2n) is 3.55. The van der Waals surface area contributed by atoms with Crippen molar-refractivity contribution in [2.45, 2.75) is 24.8 Å². The molecule has 3 heteroatoms. The first-order valence-electron chi connectivity index (χ1n) is 3.08. The average molecular weight is 150 g/mol. The second kappa shape index (κ2) is 1.62. The molecule has 3 aliphatic carbocycles. The van der Waals surface area contributed by atoms with E-state index in [1.165, 1.54) is 0 Å². The van der Waals surface area contributed by atoms with Crippen LogP contribution in [0.1, 0.15) is 19.3 Å². The maximum atomic E-state index is 8.74. The summed E-state index contributed by atoms with van der Waals surface area (Å²) >= 11 is 0. The molecule has 0 heterocycles. The number of hydrogen-bond acceptors (Lipinski definition) is 2. The average Bonchev–Trinajstić information content (AvgIpc) is 1.55. The van der Waals surface area contributed by atoms with E-state index in [9.17, 15) is 0 Å². The summed E-state index contributed by atoms with van der Waals surface area (Å²) in [6, 6.07) is 0. The van der Waals surface area contributed by atoms with Gasteiger partial charge >= 0.3 is 0 Å². The maximum Gasteiger partial charge on any atom is 0.0489 e. The lowest BCUT2D eigenvalue weighted by molar-refractivity contribution is -0.158. The number of nitrogens with two attached hydrogens (primary N) is 1. The molecule has 9 heavy (non-hydrogen) atoms. The van der Waals surface area contributed by atoms with E-state index < -0.39 is 0 Å². The summed E-state index contributed by atoms with van der Waals surface area (Å²) in [5.41, 5.74) is 6.21. The summed E-state index contributed by atoms with van der Waals surface area (Å²) in [5, 5.41) is 8.74. The van der Waals surface area contributed by atoms with Crippen LogP contribution < -0.4 is 5.73 Å². The summed E-state index contributed by atoms with van der Waals surface area (Å²) in [7, 11) is 0. The molecule has 0 saturated heterocycles. The molecule has 0 amide bonds. The van der Waals surface area contributed by atoms with E-state index >= 15 is 0 Å². The highest BCUT2D eigenvalue weighted by molar-refractivity contribution is 5.85. The maximum absolute atomic E-state index is 8.74. The quantitative estimate of drug-likeness (QED) is 0.563. The molecule has 54 valence electrons. The molecular formula is C6H12ClNO. The van der Waals surface area contributed by atoms with Crippen molar-refractivity contribution in [1.29, 1.82) is 0 Å². The monoisotopic (exact) mass is 149 g/mol. The van der Waals surface area contributed by atoms with Gasteiger partial charge in [0.25, 0.3) is 0 Å². The molecule has 0 radical (unpaired) electrons. The van der Waals surface area contributed by atoms with Gasteiger partial charge in [0.05, 0.1) is 0 Å². The van der Waals surface area contributed by atoms with Gasteiger partial charge in [-0.3, -0.25) is 0 Å². The van der Waals surface area contributed by atoms with Gasteiger partial charge in [-0.2, -0.15) is 0 Å². The lowest BCUT2D eigenvalue weighted by atomic mass is 9.40. The Bertz CT molecular complexity index is 117. The molecule has 0 aliphatic heterocycles. The summed E-state index contributed by atoms with van der Waals surface area (Å²) in [5.74, 6) is 0. The van der Waals surface area contributed by atoms with E-state index in [4.69, 9.17) is 10.8 Å². The molecule has 0 unspecified atom stereocenters. The highest BCUT2D eigenvalue weighted by Gasteiger charge is 2.65. The van der Waals surface area contributed by atoms with Crippen LogP contribution in [0.5, 0.6) is 0 Å². The first-order valence-corrected chi connectivity index (χ1v) is 3.08. The van der Waals surface area contributed by atoms with Crippen molar-refractivity contribution in [1.82, 2.24) is 0 Å². The van der Waals surface area contributed by atoms with Gasteiger partial charge in [-0.05, 0) is 24.7 Å². The van der Waals surface area contributed by atoms with Gasteiger partial charge < -0.3 is 10.8 Å². The molecule has 3 N–H and O–H groups in total. The predicted molar refractivity (Wildman–Crippen MR) is 37.5 cm³/mol. The summed E-state index contributed by atoms with van der Waals surface area (Å²) in [6.45, 7) is 0.353. The van der Waals surface area contributed by atoms with Crippen molar-refractivity contribution in [3.63, 3.8) is 0 Å². The fraction of sp³-hybridized carbons (Fsp3) is 1.00. The minimum absolute atomic E-state index is 0. The summed E-state index contributed by atoms with van der Waals surface area (Å²) in [6.07, 6.45) is 3.20. The Morgan fingerprint density at radius 2 is 1.78 bits per heavy atom. The first kappa shape index (κ1) is 7.32. The third-order valence-electron chi connectivity index (χ3n) is 2.52. The summed E-state index contributed by atoms with van der Waals surface area (Å²) in [4.78, 5) is 0. The molecule has 0 spiro atoms. The van der Waals surface area contributed by atoms with E-state index in [0.29, 0.717) is 12.0 Å². The van der Waals surface area contributed by atoms with Crippen LogP contribution in [0.25, 0.3) is 0 Å². The number of rotatable bonds is 1. The minimum Gasteiger partial charge on any atom is -0.396 e. The van der Waals surface area contributed by atoms with Crippen LogP contribution in [-0.2, 0) is 0 Å². The van der Waals surface area contributed by atoms with Crippen molar-refractivity contribution >= 4 is 12.4 Å². The van der Waals surface area contributed by atoms with Gasteiger partial charge in [-0.25, -0.2) is 0 Å². The van der Waals surface area contributed by atoms with E-state index in [0.717, 1.165) is 19.3 Å². The topological polar surface area (TPSA) is 46.2 Å². The number of hydrogen-bond donors (Lipinski definition) is 2.